The number of furan rings is 1. The molecule has 1 aliphatic heterocycles. The Bertz CT molecular complexity index is 945. The summed E-state index contributed by atoms with van der Waals surface area (Å²) in [6, 6.07) is 18.9. The molecule has 2 aromatic carbocycles. The highest BCUT2D eigenvalue weighted by Gasteiger charge is 2.33. The molecule has 5 heteroatoms. The molecule has 3 aromatic rings. The third kappa shape index (κ3) is 3.18. The molecule has 130 valence electrons. The van der Waals surface area contributed by atoms with Crippen molar-refractivity contribution in [2.24, 2.45) is 0 Å². The molecule has 4 rings (SSSR count). The van der Waals surface area contributed by atoms with E-state index in [-0.39, 0.29) is 11.9 Å². The fraction of sp³-hybridized carbons (Fsp3) is 0.0952. The van der Waals surface area contributed by atoms with E-state index in [0.29, 0.717) is 11.3 Å². The van der Waals surface area contributed by atoms with Crippen LogP contribution in [0.4, 0.5) is 0 Å². The Morgan fingerprint density at radius 2 is 1.81 bits per heavy atom. The number of nitrogens with one attached hydrogen (secondary N) is 1. The van der Waals surface area contributed by atoms with Crippen LogP contribution >= 0.6 is 15.9 Å². The van der Waals surface area contributed by atoms with Gasteiger partial charge in [0.15, 0.2) is 0 Å². The van der Waals surface area contributed by atoms with Crippen LogP contribution in [0.15, 0.2) is 81.9 Å². The van der Waals surface area contributed by atoms with Gasteiger partial charge in [-0.1, -0.05) is 45.8 Å². The van der Waals surface area contributed by atoms with Crippen molar-refractivity contribution < 1.29 is 9.21 Å². The lowest BCUT2D eigenvalue weighted by molar-refractivity contribution is 0.0655. The predicted molar refractivity (Wildman–Crippen MR) is 104 cm³/mol. The van der Waals surface area contributed by atoms with Crippen LogP contribution in [0.1, 0.15) is 33.3 Å². The normalized spacial score (nSPS) is 16.3. The van der Waals surface area contributed by atoms with Crippen LogP contribution in [0.2, 0.25) is 0 Å². The number of aryl methyl sites for hydroxylation is 1. The summed E-state index contributed by atoms with van der Waals surface area (Å²) < 4.78 is 6.50. The fourth-order valence-corrected chi connectivity index (χ4v) is 3.20. The van der Waals surface area contributed by atoms with Gasteiger partial charge in [-0.15, -0.1) is 0 Å². The van der Waals surface area contributed by atoms with E-state index < -0.39 is 0 Å². The molecule has 0 bridgehead atoms. The topological polar surface area (TPSA) is 45.5 Å². The fourth-order valence-electron chi connectivity index (χ4n) is 2.94. The third-order valence-corrected chi connectivity index (χ3v) is 4.88. The quantitative estimate of drug-likeness (QED) is 0.655. The molecule has 0 saturated heterocycles. The zero-order valence-electron chi connectivity index (χ0n) is 14.1. The van der Waals surface area contributed by atoms with Crippen molar-refractivity contribution in [3.05, 3.63) is 99.9 Å². The molecule has 0 fully saturated rings. The van der Waals surface area contributed by atoms with Gasteiger partial charge in [-0.2, -0.15) is 0 Å². The highest BCUT2D eigenvalue weighted by atomic mass is 79.9. The molecular formula is C21H17BrN2O2. The van der Waals surface area contributed by atoms with E-state index in [4.69, 9.17) is 4.42 Å². The Labute approximate surface area is 160 Å². The molecule has 0 aliphatic carbocycles. The minimum Gasteiger partial charge on any atom is -0.467 e. The summed E-state index contributed by atoms with van der Waals surface area (Å²) in [6.45, 7) is 2.05. The Morgan fingerprint density at radius 3 is 2.46 bits per heavy atom. The number of hydrogen-bond donors (Lipinski definition) is 1. The first kappa shape index (κ1) is 16.7. The van der Waals surface area contributed by atoms with E-state index >= 15 is 0 Å². The Balaban J connectivity index is 1.68. The molecule has 0 radical (unpaired) electrons. The Morgan fingerprint density at radius 1 is 1.08 bits per heavy atom. The zero-order valence-corrected chi connectivity index (χ0v) is 15.7. The number of halogens is 1. The minimum absolute atomic E-state index is 0.114. The van der Waals surface area contributed by atoms with Crippen molar-refractivity contribution in [1.29, 1.82) is 0 Å². The highest BCUT2D eigenvalue weighted by Crippen LogP contribution is 2.32. The van der Waals surface area contributed by atoms with Crippen molar-refractivity contribution in [3.63, 3.8) is 0 Å². The minimum atomic E-state index is -0.308. The average Bonchev–Trinajstić information content (AvgIpc) is 3.32. The Kier molecular flexibility index (Phi) is 4.39. The molecule has 4 nitrogen and oxygen atoms in total. The van der Waals surface area contributed by atoms with Crippen LogP contribution in [-0.4, -0.2) is 10.9 Å². The largest absolute Gasteiger partial charge is 0.467 e. The number of amides is 1. The van der Waals surface area contributed by atoms with Crippen molar-refractivity contribution in [3.8, 4) is 0 Å². The number of nitrogens with zero attached hydrogens (tertiary/aromatic N) is 1. The van der Waals surface area contributed by atoms with Crippen LogP contribution < -0.4 is 5.43 Å². The van der Waals surface area contributed by atoms with Gasteiger partial charge in [0.1, 0.15) is 11.8 Å². The van der Waals surface area contributed by atoms with Gasteiger partial charge in [0.05, 0.1) is 12.0 Å². The molecule has 1 aromatic heterocycles. The van der Waals surface area contributed by atoms with Gasteiger partial charge >= 0.3 is 0 Å². The second-order valence-corrected chi connectivity index (χ2v) is 7.12. The van der Waals surface area contributed by atoms with Gasteiger partial charge < -0.3 is 4.42 Å². The maximum absolute atomic E-state index is 13.1. The average molecular weight is 409 g/mol. The molecule has 0 spiro atoms. The van der Waals surface area contributed by atoms with Crippen LogP contribution in [0, 0.1) is 6.92 Å². The lowest BCUT2D eigenvalue weighted by Gasteiger charge is -2.24. The predicted octanol–water partition coefficient (Wildman–Crippen LogP) is 5.09. The van der Waals surface area contributed by atoms with Gasteiger partial charge in [0.2, 0.25) is 0 Å². The first-order valence-electron chi connectivity index (χ1n) is 8.30. The Hall–Kier alpha value is -2.79. The highest BCUT2D eigenvalue weighted by molar-refractivity contribution is 9.10. The van der Waals surface area contributed by atoms with E-state index in [1.54, 1.807) is 23.4 Å². The smallest absolute Gasteiger partial charge is 0.273 e. The molecule has 0 saturated carbocycles. The first-order chi connectivity index (χ1) is 12.6. The number of hydrazine groups is 1. The maximum atomic E-state index is 13.1. The van der Waals surface area contributed by atoms with Crippen molar-refractivity contribution in [2.45, 2.75) is 13.0 Å². The summed E-state index contributed by atoms with van der Waals surface area (Å²) in [4.78, 5) is 13.1. The first-order valence-corrected chi connectivity index (χ1v) is 9.09. The molecule has 26 heavy (non-hydrogen) atoms. The number of rotatable bonds is 3. The van der Waals surface area contributed by atoms with Gasteiger partial charge in [-0.25, -0.2) is 5.01 Å². The van der Waals surface area contributed by atoms with E-state index in [0.717, 1.165) is 15.7 Å². The van der Waals surface area contributed by atoms with Crippen LogP contribution in [0.3, 0.4) is 0 Å². The maximum Gasteiger partial charge on any atom is 0.273 e. The summed E-state index contributed by atoms with van der Waals surface area (Å²) >= 11 is 3.40. The van der Waals surface area contributed by atoms with Gasteiger partial charge in [-0.3, -0.25) is 10.2 Å². The van der Waals surface area contributed by atoms with Crippen molar-refractivity contribution in [2.75, 3.05) is 0 Å². The number of carbonyl (C=O) groups excluding carboxylic acids is 1. The van der Waals surface area contributed by atoms with Crippen LogP contribution in [0.5, 0.6) is 0 Å². The standard InChI is InChI=1S/C21H17BrN2O2/c1-14-4-6-15(7-5-14)18-13-19(20-3-2-12-26-20)24(23-18)21(25)16-8-10-17(22)11-9-16/h2-13,19,23H,1H3/t19-/m1/s1. The summed E-state index contributed by atoms with van der Waals surface area (Å²) in [6.07, 6.45) is 3.63. The monoisotopic (exact) mass is 408 g/mol. The van der Waals surface area contributed by atoms with E-state index in [1.807, 2.05) is 42.5 Å². The second kappa shape index (κ2) is 6.84. The van der Waals surface area contributed by atoms with E-state index in [2.05, 4.69) is 40.4 Å². The summed E-state index contributed by atoms with van der Waals surface area (Å²) in [5.74, 6) is 0.599. The lowest BCUT2D eigenvalue weighted by atomic mass is 10.1. The van der Waals surface area contributed by atoms with Crippen LogP contribution in [0.25, 0.3) is 5.70 Å². The van der Waals surface area contributed by atoms with E-state index in [9.17, 15) is 4.79 Å². The van der Waals surface area contributed by atoms with Gasteiger partial charge in [-0.05, 0) is 55.0 Å². The lowest BCUT2D eigenvalue weighted by Crippen LogP contribution is -2.39. The summed E-state index contributed by atoms with van der Waals surface area (Å²) in [7, 11) is 0. The summed E-state index contributed by atoms with van der Waals surface area (Å²) in [5, 5.41) is 1.61. The molecule has 1 amide bonds. The molecule has 0 unspecified atom stereocenters. The molecule has 1 aliphatic rings. The summed E-state index contributed by atoms with van der Waals surface area (Å²) in [5.41, 5.74) is 6.96. The van der Waals surface area contributed by atoms with Crippen LogP contribution in [-0.2, 0) is 0 Å². The zero-order chi connectivity index (χ0) is 18.1. The molecule has 1 atom stereocenters. The molecule has 2 heterocycles. The SMILES string of the molecule is Cc1ccc(C2=C[C@H](c3ccco3)N(C(=O)c3ccc(Br)cc3)N2)cc1. The number of carbonyl (C=O) groups is 1. The van der Waals surface area contributed by atoms with Gasteiger partial charge in [0, 0.05) is 10.0 Å². The second-order valence-electron chi connectivity index (χ2n) is 6.20. The number of benzene rings is 2. The third-order valence-electron chi connectivity index (χ3n) is 4.35. The molecular weight excluding hydrogens is 392 g/mol. The van der Waals surface area contributed by atoms with E-state index in [1.165, 1.54) is 5.56 Å². The van der Waals surface area contributed by atoms with Crippen molar-refractivity contribution >= 4 is 27.5 Å². The number of hydrogen-bond acceptors (Lipinski definition) is 3. The van der Waals surface area contributed by atoms with Crippen molar-refractivity contribution in [1.82, 2.24) is 10.4 Å². The molecule has 1 N–H and O–H groups in total. The van der Waals surface area contributed by atoms with Gasteiger partial charge in [0.25, 0.3) is 5.91 Å².